The predicted molar refractivity (Wildman–Crippen MR) is 57.2 cm³/mol. The quantitative estimate of drug-likeness (QED) is 0.480. The fourth-order valence-corrected chi connectivity index (χ4v) is 0.385. The molecule has 0 aliphatic rings. The molecule has 0 bridgehead atoms. The van der Waals surface area contributed by atoms with Gasteiger partial charge in [0.1, 0.15) is 0 Å². The van der Waals surface area contributed by atoms with Crippen molar-refractivity contribution in [1.82, 2.24) is 0 Å². The van der Waals surface area contributed by atoms with Crippen LogP contribution >= 0.6 is 0 Å². The highest BCUT2D eigenvalue weighted by Crippen LogP contribution is 1.79. The van der Waals surface area contributed by atoms with Crippen molar-refractivity contribution in [2.75, 3.05) is 0 Å². The molecule has 0 unspecified atom stereocenters. The molecule has 0 aliphatic carbocycles. The van der Waals surface area contributed by atoms with E-state index >= 15 is 0 Å². The average Bonchev–Trinajstić information content (AvgIpc) is 1.90. The first-order valence-corrected chi connectivity index (χ1v) is 3.95. The molecule has 0 fully saturated rings. The molecule has 1 aromatic carbocycles. The van der Waals surface area contributed by atoms with Crippen molar-refractivity contribution < 1.29 is 14.1 Å². The minimum absolute atomic E-state index is 0. The van der Waals surface area contributed by atoms with E-state index in [0.717, 1.165) is 0 Å². The van der Waals surface area contributed by atoms with Gasteiger partial charge < -0.3 is 9.59 Å². The minimum atomic E-state index is -3.13. The Bertz CT molecular complexity index is 153. The highest BCUT2D eigenvalue weighted by atomic mass is 28.3. The summed E-state index contributed by atoms with van der Waals surface area (Å²) in [4.78, 5) is 14.3. The van der Waals surface area contributed by atoms with Crippen LogP contribution in [0.3, 0.4) is 0 Å². The summed E-state index contributed by atoms with van der Waals surface area (Å²) in [6.07, 6.45) is 0. The summed E-state index contributed by atoms with van der Waals surface area (Å²) in [7, 11) is -3.13. The average molecular weight is 216 g/mol. The van der Waals surface area contributed by atoms with Crippen LogP contribution in [0, 0.1) is 0 Å². The van der Waals surface area contributed by atoms with E-state index in [-0.39, 0.29) is 34.7 Å². The minimum Gasteiger partial charge on any atom is -0.511 e. The molecule has 0 heterocycles. The monoisotopic (exact) mass is 216 g/mol. The third-order valence-corrected chi connectivity index (χ3v) is 0.667. The zero-order valence-corrected chi connectivity index (χ0v) is 6.27. The third kappa shape index (κ3) is 22.5. The summed E-state index contributed by atoms with van der Waals surface area (Å²) in [5, 5.41) is 0. The second-order valence-electron chi connectivity index (χ2n) is 1.44. The predicted octanol–water partition coefficient (Wildman–Crippen LogP) is -2.29. The zero-order valence-electron chi connectivity index (χ0n) is 5.27. The van der Waals surface area contributed by atoms with Crippen molar-refractivity contribution in [2.45, 2.75) is 0 Å². The van der Waals surface area contributed by atoms with Gasteiger partial charge in [-0.3, -0.25) is 4.46 Å². The van der Waals surface area contributed by atoms with Crippen LogP contribution in [0.25, 0.3) is 0 Å². The van der Waals surface area contributed by atoms with Crippen molar-refractivity contribution in [1.29, 1.82) is 0 Å². The Balaban J connectivity index is -0.000000124. The molecule has 0 radical (unpaired) electrons. The number of rotatable bonds is 0. The van der Waals surface area contributed by atoms with Crippen LogP contribution < -0.4 is 0 Å². The third-order valence-electron chi connectivity index (χ3n) is 0.667. The molecule has 0 spiro atoms. The van der Waals surface area contributed by atoms with Crippen LogP contribution in [-0.2, 0) is 4.46 Å². The van der Waals surface area contributed by atoms with Gasteiger partial charge in [0, 0.05) is 0 Å². The maximum Gasteiger partial charge on any atom is 0.761 e. The van der Waals surface area contributed by atoms with Gasteiger partial charge in [-0.15, -0.1) is 0 Å². The highest BCUT2D eigenvalue weighted by Gasteiger charge is 1.85. The van der Waals surface area contributed by atoms with E-state index in [4.69, 9.17) is 14.1 Å². The van der Waals surface area contributed by atoms with E-state index in [9.17, 15) is 0 Å². The van der Waals surface area contributed by atoms with Crippen LogP contribution in [0.2, 0.25) is 0 Å². The number of benzene rings is 1. The maximum absolute atomic E-state index is 8.74. The van der Waals surface area contributed by atoms with Crippen LogP contribution in [0.5, 0.6) is 0 Å². The molecule has 0 aliphatic heterocycles. The fourth-order valence-electron chi connectivity index (χ4n) is 0.385. The van der Waals surface area contributed by atoms with E-state index in [2.05, 4.69) is 0 Å². The largest absolute Gasteiger partial charge is 0.761 e. The molecule has 0 amide bonds. The Kier molecular flexibility index (Phi) is 20.1. The molecule has 0 saturated carbocycles. The van der Waals surface area contributed by atoms with Gasteiger partial charge in [-0.2, -0.15) is 0 Å². The van der Waals surface area contributed by atoms with Gasteiger partial charge in [-0.25, -0.2) is 0 Å². The molecule has 1 aromatic rings. The van der Waals surface area contributed by atoms with Gasteiger partial charge in [-0.1, -0.05) is 36.4 Å². The summed E-state index contributed by atoms with van der Waals surface area (Å²) in [5.41, 5.74) is 0. The summed E-state index contributed by atoms with van der Waals surface area (Å²) >= 11 is 0. The van der Waals surface area contributed by atoms with Gasteiger partial charge in [0.2, 0.25) is 0 Å². The summed E-state index contributed by atoms with van der Waals surface area (Å²) in [5.74, 6) is 0. The molecule has 6 heteroatoms. The lowest BCUT2D eigenvalue weighted by Crippen LogP contribution is -1.90. The number of hydrogen-bond acceptors (Lipinski definition) is 1. The molecule has 3 nitrogen and oxygen atoms in total. The van der Waals surface area contributed by atoms with E-state index in [1.54, 1.807) is 0 Å². The fraction of sp³-hybridized carbons (Fsp3) is 0. The van der Waals surface area contributed by atoms with Gasteiger partial charge >= 0.3 is 9.17 Å². The summed E-state index contributed by atoms with van der Waals surface area (Å²) in [6.45, 7) is 0. The van der Waals surface area contributed by atoms with Gasteiger partial charge in [0.25, 0.3) is 0 Å². The Labute approximate surface area is 94.2 Å². The SMILES string of the molecule is O=[Si](O)O.[AlH3].[AlH3].c1ccccc1. The molecular formula is C6H14Al2O3Si. The first kappa shape index (κ1) is 17.9. The molecule has 0 saturated heterocycles. The van der Waals surface area contributed by atoms with Crippen molar-refractivity contribution in [3.8, 4) is 0 Å². The first-order chi connectivity index (χ1) is 4.73. The summed E-state index contributed by atoms with van der Waals surface area (Å²) in [6, 6.07) is 12.0. The first-order valence-electron chi connectivity index (χ1n) is 2.65. The van der Waals surface area contributed by atoms with Gasteiger partial charge in [0.05, 0.1) is 0 Å². The second-order valence-corrected chi connectivity index (χ2v) is 2.00. The van der Waals surface area contributed by atoms with Crippen LogP contribution in [0.1, 0.15) is 0 Å². The summed E-state index contributed by atoms with van der Waals surface area (Å²) < 4.78 is 8.74. The Morgan fingerprint density at radius 1 is 0.750 bits per heavy atom. The Morgan fingerprint density at radius 3 is 0.917 bits per heavy atom. The van der Waals surface area contributed by atoms with E-state index < -0.39 is 9.17 Å². The zero-order chi connectivity index (χ0) is 7.82. The van der Waals surface area contributed by atoms with Gasteiger partial charge in [0.15, 0.2) is 34.7 Å². The van der Waals surface area contributed by atoms with Crippen molar-refractivity contribution in [3.05, 3.63) is 36.4 Å². The molecule has 0 aromatic heterocycles. The maximum atomic E-state index is 8.74. The molecule has 0 atom stereocenters. The highest BCUT2D eigenvalue weighted by molar-refractivity contribution is 6.22. The van der Waals surface area contributed by atoms with Gasteiger partial charge in [-0.05, 0) is 0 Å². The van der Waals surface area contributed by atoms with Crippen molar-refractivity contribution in [3.63, 3.8) is 0 Å². The topological polar surface area (TPSA) is 57.5 Å². The molecular weight excluding hydrogens is 202 g/mol. The molecule has 12 heavy (non-hydrogen) atoms. The van der Waals surface area contributed by atoms with Crippen molar-refractivity contribution in [2.24, 2.45) is 0 Å². The second kappa shape index (κ2) is 13.5. The Morgan fingerprint density at radius 2 is 0.833 bits per heavy atom. The van der Waals surface area contributed by atoms with E-state index in [0.29, 0.717) is 0 Å². The van der Waals surface area contributed by atoms with Crippen LogP contribution in [-0.4, -0.2) is 53.5 Å². The molecule has 2 N–H and O–H groups in total. The number of hydrogen-bond donors (Lipinski definition) is 2. The standard InChI is InChI=1S/C6H6.2Al.H2O3Si.6H/c1-2-4-6-5-3-1;;;1-4(2)3;;;;;;/h1-6H;;;1-2H;;;;;;. The van der Waals surface area contributed by atoms with Crippen molar-refractivity contribution >= 4 is 43.9 Å². The van der Waals surface area contributed by atoms with E-state index in [1.807, 2.05) is 36.4 Å². The molecule has 1 rings (SSSR count). The van der Waals surface area contributed by atoms with Crippen LogP contribution in [0.15, 0.2) is 36.4 Å². The normalized spacial score (nSPS) is 6.00. The molecule has 66 valence electrons. The smallest absolute Gasteiger partial charge is 0.511 e. The lowest BCUT2D eigenvalue weighted by Gasteiger charge is -1.69. The Hall–Kier alpha value is -0.0982. The lowest BCUT2D eigenvalue weighted by atomic mass is 10.4. The van der Waals surface area contributed by atoms with Crippen LogP contribution in [0.4, 0.5) is 0 Å². The van der Waals surface area contributed by atoms with E-state index in [1.165, 1.54) is 0 Å². The lowest BCUT2D eigenvalue weighted by molar-refractivity contribution is 0.330.